The van der Waals surface area contributed by atoms with Crippen LogP contribution in [0.1, 0.15) is 32.1 Å². The maximum atomic E-state index is 10.5. The number of rotatable bonds is 2. The van der Waals surface area contributed by atoms with Crippen LogP contribution in [0.15, 0.2) is 0 Å². The minimum absolute atomic E-state index is 0.126. The van der Waals surface area contributed by atoms with Gasteiger partial charge in [-0.3, -0.25) is 4.79 Å². The highest BCUT2D eigenvalue weighted by molar-refractivity contribution is 5.74. The summed E-state index contributed by atoms with van der Waals surface area (Å²) in [7, 11) is 0. The molecule has 0 aliphatic heterocycles. The second kappa shape index (κ2) is 3.72. The summed E-state index contributed by atoms with van der Waals surface area (Å²) in [5.74, 6) is -0.169. The van der Waals surface area contributed by atoms with Gasteiger partial charge in [-0.15, -0.1) is 0 Å². The second-order valence-corrected chi connectivity index (χ2v) is 3.28. The lowest BCUT2D eigenvalue weighted by atomic mass is 9.84. The summed E-state index contributed by atoms with van der Waals surface area (Å²) in [5.41, 5.74) is 5.04. The summed E-state index contributed by atoms with van der Waals surface area (Å²) < 4.78 is 0. The van der Waals surface area contributed by atoms with Crippen molar-refractivity contribution in [1.29, 1.82) is 0 Å². The molecule has 0 spiro atoms. The van der Waals surface area contributed by atoms with E-state index in [0.717, 1.165) is 25.7 Å². The molecule has 0 bridgehead atoms. The quantitative estimate of drug-likeness (QED) is 0.610. The Morgan fingerprint density at radius 2 is 2.09 bits per heavy atom. The molecule has 2 atom stereocenters. The maximum absolute atomic E-state index is 10.5. The van der Waals surface area contributed by atoms with Gasteiger partial charge in [0.15, 0.2) is 0 Å². The Kier molecular flexibility index (Phi) is 2.88. The number of nitrogens with two attached hydrogens (primary N) is 1. The summed E-state index contributed by atoms with van der Waals surface area (Å²) in [6.45, 7) is 0. The van der Waals surface area contributed by atoms with Crippen LogP contribution in [-0.2, 0) is 4.79 Å². The molecule has 0 aromatic rings. The van der Waals surface area contributed by atoms with Crippen molar-refractivity contribution in [2.45, 2.75) is 38.2 Å². The van der Waals surface area contributed by atoms with Gasteiger partial charge in [-0.25, -0.2) is 0 Å². The zero-order valence-electron chi connectivity index (χ0n) is 6.62. The number of aliphatic hydroxyl groups is 1. The predicted molar refractivity (Wildman–Crippen MR) is 41.8 cm³/mol. The Morgan fingerprint density at radius 1 is 1.45 bits per heavy atom. The van der Waals surface area contributed by atoms with Gasteiger partial charge < -0.3 is 10.8 Å². The normalized spacial score (nSPS) is 31.7. The van der Waals surface area contributed by atoms with E-state index >= 15 is 0 Å². The smallest absolute Gasteiger partial charge is 0.217 e. The Hall–Kier alpha value is -0.570. The monoisotopic (exact) mass is 157 g/mol. The second-order valence-electron chi connectivity index (χ2n) is 3.28. The first-order valence-corrected chi connectivity index (χ1v) is 4.16. The summed E-state index contributed by atoms with van der Waals surface area (Å²) in [4.78, 5) is 10.5. The summed E-state index contributed by atoms with van der Waals surface area (Å²) in [6, 6.07) is 0. The molecule has 0 aromatic heterocycles. The molecule has 1 aliphatic rings. The fraction of sp³-hybridized carbons (Fsp3) is 0.875. The number of hydrogen-bond acceptors (Lipinski definition) is 2. The van der Waals surface area contributed by atoms with Crippen LogP contribution in [0.25, 0.3) is 0 Å². The molecule has 1 rings (SSSR count). The van der Waals surface area contributed by atoms with Gasteiger partial charge in [-0.05, 0) is 18.8 Å². The Balaban J connectivity index is 2.35. The van der Waals surface area contributed by atoms with E-state index < -0.39 is 0 Å². The van der Waals surface area contributed by atoms with Gasteiger partial charge in [0.2, 0.25) is 5.91 Å². The molecule has 1 amide bonds. The topological polar surface area (TPSA) is 63.3 Å². The molecule has 3 N–H and O–H groups in total. The van der Waals surface area contributed by atoms with Crippen molar-refractivity contribution in [2.75, 3.05) is 0 Å². The molecule has 2 unspecified atom stereocenters. The van der Waals surface area contributed by atoms with Gasteiger partial charge in [0.1, 0.15) is 0 Å². The van der Waals surface area contributed by atoms with E-state index in [-0.39, 0.29) is 17.9 Å². The van der Waals surface area contributed by atoms with Crippen LogP contribution in [0.2, 0.25) is 0 Å². The van der Waals surface area contributed by atoms with E-state index in [1.165, 1.54) is 0 Å². The summed E-state index contributed by atoms with van der Waals surface area (Å²) >= 11 is 0. The molecule has 0 aromatic carbocycles. The minimum Gasteiger partial charge on any atom is -0.393 e. The van der Waals surface area contributed by atoms with E-state index in [2.05, 4.69) is 0 Å². The number of carbonyl (C=O) groups is 1. The van der Waals surface area contributed by atoms with Crippen LogP contribution in [-0.4, -0.2) is 17.1 Å². The molecule has 1 fully saturated rings. The number of hydrogen-bond donors (Lipinski definition) is 2. The standard InChI is InChI=1S/C8H15NO2/c9-8(11)5-6-3-1-2-4-7(6)10/h6-7,10H,1-5H2,(H2,9,11). The molecule has 0 heterocycles. The Morgan fingerprint density at radius 3 is 2.64 bits per heavy atom. The first-order chi connectivity index (χ1) is 5.20. The Bertz CT molecular complexity index is 147. The van der Waals surface area contributed by atoms with Crippen molar-refractivity contribution in [1.82, 2.24) is 0 Å². The third kappa shape index (κ3) is 2.50. The third-order valence-corrected chi connectivity index (χ3v) is 2.33. The van der Waals surface area contributed by atoms with Crippen LogP contribution in [0.3, 0.4) is 0 Å². The number of carbonyl (C=O) groups excluding carboxylic acids is 1. The molecule has 3 heteroatoms. The SMILES string of the molecule is NC(=O)CC1CCCCC1O. The molecule has 11 heavy (non-hydrogen) atoms. The number of primary amides is 1. The number of aliphatic hydroxyl groups excluding tert-OH is 1. The molecule has 0 radical (unpaired) electrons. The van der Waals surface area contributed by atoms with Gasteiger partial charge in [-0.2, -0.15) is 0 Å². The van der Waals surface area contributed by atoms with Gasteiger partial charge >= 0.3 is 0 Å². The van der Waals surface area contributed by atoms with E-state index in [9.17, 15) is 9.90 Å². The largest absolute Gasteiger partial charge is 0.393 e. The zero-order valence-corrected chi connectivity index (χ0v) is 6.62. The highest BCUT2D eigenvalue weighted by Crippen LogP contribution is 2.26. The number of amides is 1. The van der Waals surface area contributed by atoms with Crippen LogP contribution in [0.5, 0.6) is 0 Å². The molecule has 3 nitrogen and oxygen atoms in total. The van der Waals surface area contributed by atoms with E-state index in [1.807, 2.05) is 0 Å². The van der Waals surface area contributed by atoms with E-state index in [0.29, 0.717) is 6.42 Å². The van der Waals surface area contributed by atoms with E-state index in [4.69, 9.17) is 5.73 Å². The lowest BCUT2D eigenvalue weighted by Crippen LogP contribution is -2.28. The van der Waals surface area contributed by atoms with Crippen molar-refractivity contribution < 1.29 is 9.90 Å². The molecular weight excluding hydrogens is 142 g/mol. The maximum Gasteiger partial charge on any atom is 0.217 e. The van der Waals surface area contributed by atoms with Gasteiger partial charge in [0.25, 0.3) is 0 Å². The summed E-state index contributed by atoms with van der Waals surface area (Å²) in [6.07, 6.45) is 4.03. The van der Waals surface area contributed by atoms with Crippen molar-refractivity contribution in [3.8, 4) is 0 Å². The fourth-order valence-electron chi connectivity index (χ4n) is 1.68. The Labute approximate surface area is 66.6 Å². The van der Waals surface area contributed by atoms with Gasteiger partial charge in [0, 0.05) is 6.42 Å². The fourth-order valence-corrected chi connectivity index (χ4v) is 1.68. The third-order valence-electron chi connectivity index (χ3n) is 2.33. The highest BCUT2D eigenvalue weighted by Gasteiger charge is 2.23. The first-order valence-electron chi connectivity index (χ1n) is 4.16. The molecule has 64 valence electrons. The van der Waals surface area contributed by atoms with E-state index in [1.54, 1.807) is 0 Å². The van der Waals surface area contributed by atoms with Crippen LogP contribution >= 0.6 is 0 Å². The van der Waals surface area contributed by atoms with Gasteiger partial charge in [0.05, 0.1) is 6.10 Å². The highest BCUT2D eigenvalue weighted by atomic mass is 16.3. The predicted octanol–water partition coefficient (Wildman–Crippen LogP) is 0.413. The van der Waals surface area contributed by atoms with Crippen molar-refractivity contribution >= 4 is 5.91 Å². The molecule has 1 aliphatic carbocycles. The zero-order chi connectivity index (χ0) is 8.27. The van der Waals surface area contributed by atoms with Crippen LogP contribution in [0, 0.1) is 5.92 Å². The van der Waals surface area contributed by atoms with Crippen molar-refractivity contribution in [2.24, 2.45) is 11.7 Å². The average Bonchev–Trinajstić information content (AvgIpc) is 1.93. The molecule has 0 saturated heterocycles. The minimum atomic E-state index is -0.295. The molecule has 1 saturated carbocycles. The van der Waals surface area contributed by atoms with Gasteiger partial charge in [-0.1, -0.05) is 12.8 Å². The summed E-state index contributed by atoms with van der Waals surface area (Å²) in [5, 5.41) is 9.41. The molecular formula is C8H15NO2. The van der Waals surface area contributed by atoms with Crippen molar-refractivity contribution in [3.05, 3.63) is 0 Å². The van der Waals surface area contributed by atoms with Crippen LogP contribution < -0.4 is 5.73 Å². The lowest BCUT2D eigenvalue weighted by molar-refractivity contribution is -0.120. The average molecular weight is 157 g/mol. The lowest BCUT2D eigenvalue weighted by Gasteiger charge is -2.26. The van der Waals surface area contributed by atoms with Crippen molar-refractivity contribution in [3.63, 3.8) is 0 Å². The first kappa shape index (κ1) is 8.53. The van der Waals surface area contributed by atoms with Crippen LogP contribution in [0.4, 0.5) is 0 Å².